The van der Waals surface area contributed by atoms with Crippen molar-refractivity contribution in [2.24, 2.45) is 58.2 Å². The Morgan fingerprint density at radius 1 is 0.519 bits per heavy atom. The Balaban J connectivity index is 1.51. The third-order valence-corrected chi connectivity index (χ3v) is 9.94. The van der Waals surface area contributed by atoms with Gasteiger partial charge in [0.15, 0.2) is 0 Å². The largest absolute Gasteiger partial charge is 0.0599 e. The SMILES string of the molecule is CC(C)(C)[C@H]1CC(CC2C[C@H](C(C)(C)C)C3CCCCC23)C2CCCCC21. The van der Waals surface area contributed by atoms with Crippen LogP contribution in [0.4, 0.5) is 0 Å². The van der Waals surface area contributed by atoms with Crippen molar-refractivity contribution in [1.29, 1.82) is 0 Å². The molecule has 0 aliphatic heterocycles. The minimum Gasteiger partial charge on any atom is -0.0599 e. The summed E-state index contributed by atoms with van der Waals surface area (Å²) in [6.45, 7) is 15.2. The minimum atomic E-state index is 0.520. The zero-order valence-corrected chi connectivity index (χ0v) is 19.4. The van der Waals surface area contributed by atoms with E-state index in [4.69, 9.17) is 0 Å². The van der Waals surface area contributed by atoms with Gasteiger partial charge < -0.3 is 0 Å². The summed E-state index contributed by atoms with van der Waals surface area (Å²) in [5.74, 6) is 8.40. The first-order chi connectivity index (χ1) is 12.7. The third kappa shape index (κ3) is 3.90. The average molecular weight is 373 g/mol. The predicted molar refractivity (Wildman–Crippen MR) is 118 cm³/mol. The Kier molecular flexibility index (Phi) is 5.53. The van der Waals surface area contributed by atoms with Gasteiger partial charge in [-0.05, 0) is 103 Å². The van der Waals surface area contributed by atoms with Crippen molar-refractivity contribution in [3.05, 3.63) is 0 Å². The summed E-state index contributed by atoms with van der Waals surface area (Å²) in [6, 6.07) is 0. The van der Waals surface area contributed by atoms with Crippen LogP contribution < -0.4 is 0 Å². The first-order valence-corrected chi connectivity index (χ1v) is 12.7. The Morgan fingerprint density at radius 3 is 1.19 bits per heavy atom. The lowest BCUT2D eigenvalue weighted by Crippen LogP contribution is -2.29. The quantitative estimate of drug-likeness (QED) is 0.457. The summed E-state index contributed by atoms with van der Waals surface area (Å²) in [4.78, 5) is 0. The normalized spacial score (nSPS) is 45.6. The molecule has 4 aliphatic carbocycles. The highest BCUT2D eigenvalue weighted by molar-refractivity contribution is 5.01. The van der Waals surface area contributed by atoms with Crippen molar-refractivity contribution >= 4 is 0 Å². The van der Waals surface area contributed by atoms with Gasteiger partial charge in [-0.25, -0.2) is 0 Å². The second-order valence-corrected chi connectivity index (χ2v) is 13.4. The van der Waals surface area contributed by atoms with E-state index in [1.54, 1.807) is 44.9 Å². The first-order valence-electron chi connectivity index (χ1n) is 12.7. The highest BCUT2D eigenvalue weighted by Gasteiger charge is 2.52. The van der Waals surface area contributed by atoms with E-state index < -0.39 is 0 Å². The fraction of sp³-hybridized carbons (Fsp3) is 1.00. The van der Waals surface area contributed by atoms with Crippen LogP contribution in [0, 0.1) is 58.2 Å². The lowest BCUT2D eigenvalue weighted by atomic mass is 9.68. The maximum atomic E-state index is 2.54. The molecule has 0 saturated heterocycles. The molecule has 4 fully saturated rings. The lowest BCUT2D eigenvalue weighted by Gasteiger charge is -2.37. The first kappa shape index (κ1) is 20.3. The molecule has 0 aromatic carbocycles. The lowest BCUT2D eigenvalue weighted by molar-refractivity contribution is 0.121. The summed E-state index contributed by atoms with van der Waals surface area (Å²) in [5, 5.41) is 0. The topological polar surface area (TPSA) is 0 Å². The maximum Gasteiger partial charge on any atom is -0.0331 e. The van der Waals surface area contributed by atoms with E-state index in [1.807, 2.05) is 0 Å². The zero-order chi connectivity index (χ0) is 19.4. The van der Waals surface area contributed by atoms with Gasteiger partial charge >= 0.3 is 0 Å². The number of fused-ring (bicyclic) bond motifs is 2. The number of rotatable bonds is 2. The van der Waals surface area contributed by atoms with Gasteiger partial charge in [-0.3, -0.25) is 0 Å². The molecule has 156 valence electrons. The standard InChI is InChI=1S/C27H48/c1-26(2,3)24-16-18(20-11-7-9-13-22(20)24)15-19-17-25(27(4,5)6)23-14-10-8-12-21(19)23/h18-25H,7-17H2,1-6H3/t18?,19?,20?,21?,22?,23?,24-,25-/m0/s1. The van der Waals surface area contributed by atoms with Gasteiger partial charge in [-0.15, -0.1) is 0 Å². The number of hydrogen-bond acceptors (Lipinski definition) is 0. The highest BCUT2D eigenvalue weighted by Crippen LogP contribution is 2.60. The maximum absolute atomic E-state index is 2.54. The molecule has 0 spiro atoms. The summed E-state index contributed by atoms with van der Waals surface area (Å²) < 4.78 is 0. The molecule has 0 amide bonds. The molecule has 0 N–H and O–H groups in total. The van der Waals surface area contributed by atoms with Gasteiger partial charge in [-0.1, -0.05) is 67.2 Å². The van der Waals surface area contributed by atoms with Crippen molar-refractivity contribution in [2.75, 3.05) is 0 Å². The molecule has 0 heteroatoms. The monoisotopic (exact) mass is 372 g/mol. The molecule has 4 rings (SSSR count). The van der Waals surface area contributed by atoms with E-state index in [1.165, 1.54) is 25.7 Å². The summed E-state index contributed by atoms with van der Waals surface area (Å²) in [6.07, 6.45) is 17.0. The van der Waals surface area contributed by atoms with Crippen molar-refractivity contribution in [2.45, 2.75) is 112 Å². The van der Waals surface area contributed by atoms with Gasteiger partial charge in [-0.2, -0.15) is 0 Å². The summed E-state index contributed by atoms with van der Waals surface area (Å²) in [5.41, 5.74) is 1.04. The van der Waals surface area contributed by atoms with Crippen molar-refractivity contribution < 1.29 is 0 Å². The molecule has 4 aliphatic rings. The molecule has 4 saturated carbocycles. The molecule has 0 heterocycles. The molecule has 6 unspecified atom stereocenters. The Labute approximate surface area is 170 Å². The summed E-state index contributed by atoms with van der Waals surface area (Å²) >= 11 is 0. The zero-order valence-electron chi connectivity index (χ0n) is 19.4. The second-order valence-electron chi connectivity index (χ2n) is 13.4. The molecule has 27 heavy (non-hydrogen) atoms. The molecule has 0 aromatic heterocycles. The summed E-state index contributed by atoms with van der Waals surface area (Å²) in [7, 11) is 0. The van der Waals surface area contributed by atoms with Gasteiger partial charge in [0.05, 0.1) is 0 Å². The molecule has 0 aromatic rings. The molecule has 0 nitrogen and oxygen atoms in total. The van der Waals surface area contributed by atoms with Crippen LogP contribution in [-0.2, 0) is 0 Å². The molecule has 8 atom stereocenters. The van der Waals surface area contributed by atoms with Crippen LogP contribution in [0.2, 0.25) is 0 Å². The van der Waals surface area contributed by atoms with Crippen LogP contribution >= 0.6 is 0 Å². The van der Waals surface area contributed by atoms with Crippen LogP contribution in [0.25, 0.3) is 0 Å². The van der Waals surface area contributed by atoms with Crippen LogP contribution in [0.15, 0.2) is 0 Å². The molecular formula is C27H48. The van der Waals surface area contributed by atoms with E-state index >= 15 is 0 Å². The Morgan fingerprint density at radius 2 is 0.852 bits per heavy atom. The van der Waals surface area contributed by atoms with Crippen molar-refractivity contribution in [3.8, 4) is 0 Å². The van der Waals surface area contributed by atoms with Crippen LogP contribution in [0.5, 0.6) is 0 Å². The van der Waals surface area contributed by atoms with Crippen LogP contribution in [0.1, 0.15) is 112 Å². The van der Waals surface area contributed by atoms with E-state index in [-0.39, 0.29) is 0 Å². The van der Waals surface area contributed by atoms with Crippen molar-refractivity contribution in [1.82, 2.24) is 0 Å². The number of hydrogen-bond donors (Lipinski definition) is 0. The third-order valence-electron chi connectivity index (χ3n) is 9.94. The van der Waals surface area contributed by atoms with Gasteiger partial charge in [0.2, 0.25) is 0 Å². The van der Waals surface area contributed by atoms with E-state index in [2.05, 4.69) is 41.5 Å². The van der Waals surface area contributed by atoms with Gasteiger partial charge in [0.25, 0.3) is 0 Å². The highest BCUT2D eigenvalue weighted by atomic mass is 14.6. The molecule has 0 radical (unpaired) electrons. The predicted octanol–water partition coefficient (Wildman–Crippen LogP) is 8.35. The second kappa shape index (κ2) is 7.36. The fourth-order valence-electron chi connectivity index (χ4n) is 8.82. The van der Waals surface area contributed by atoms with E-state index in [0.29, 0.717) is 10.8 Å². The van der Waals surface area contributed by atoms with Crippen LogP contribution in [0.3, 0.4) is 0 Å². The fourth-order valence-corrected chi connectivity index (χ4v) is 8.82. The minimum absolute atomic E-state index is 0.520. The Bertz CT molecular complexity index is 457. The van der Waals surface area contributed by atoms with Crippen LogP contribution in [-0.4, -0.2) is 0 Å². The Hall–Kier alpha value is 0. The van der Waals surface area contributed by atoms with Crippen molar-refractivity contribution in [3.63, 3.8) is 0 Å². The van der Waals surface area contributed by atoms with Gasteiger partial charge in [0.1, 0.15) is 0 Å². The van der Waals surface area contributed by atoms with E-state index in [0.717, 1.165) is 47.3 Å². The van der Waals surface area contributed by atoms with E-state index in [9.17, 15) is 0 Å². The molecule has 0 bridgehead atoms. The average Bonchev–Trinajstić information content (AvgIpc) is 3.15. The smallest absolute Gasteiger partial charge is 0.0331 e. The van der Waals surface area contributed by atoms with Gasteiger partial charge in [0, 0.05) is 0 Å². The molecular weight excluding hydrogens is 324 g/mol.